The van der Waals surface area contributed by atoms with E-state index in [0.29, 0.717) is 33.3 Å². The number of halogens is 4. The topological polar surface area (TPSA) is 79.3 Å². The number of aliphatic carboxylic acids is 1. The summed E-state index contributed by atoms with van der Waals surface area (Å²) < 4.78 is 41.8. The lowest BCUT2D eigenvalue weighted by molar-refractivity contribution is -0.148. The first-order valence-corrected chi connectivity index (χ1v) is 14.3. The highest BCUT2D eigenvalue weighted by Gasteiger charge is 2.54. The Morgan fingerprint density at radius 2 is 1.62 bits per heavy atom. The molecule has 9 heteroatoms. The fraction of sp³-hybridized carbons (Fsp3) is 0.242. The maximum Gasteiger partial charge on any atom is 0.416 e. The van der Waals surface area contributed by atoms with Crippen molar-refractivity contribution in [1.29, 1.82) is 0 Å². The molecular weight excluding hydrogens is 609 g/mol. The van der Waals surface area contributed by atoms with Crippen LogP contribution in [0.3, 0.4) is 0 Å². The molecule has 3 aliphatic carbocycles. The van der Waals surface area contributed by atoms with Crippen molar-refractivity contribution in [2.24, 2.45) is 5.41 Å². The highest BCUT2D eigenvalue weighted by molar-refractivity contribution is 9.10. The summed E-state index contributed by atoms with van der Waals surface area (Å²) in [6.45, 7) is 1.84. The van der Waals surface area contributed by atoms with Crippen molar-refractivity contribution < 1.29 is 27.9 Å². The Morgan fingerprint density at radius 3 is 2.29 bits per heavy atom. The van der Waals surface area contributed by atoms with E-state index in [-0.39, 0.29) is 31.2 Å². The zero-order valence-corrected chi connectivity index (χ0v) is 24.1. The van der Waals surface area contributed by atoms with Crippen molar-refractivity contribution in [3.8, 4) is 11.3 Å². The van der Waals surface area contributed by atoms with E-state index < -0.39 is 34.6 Å². The number of hydrogen-bond acceptors (Lipinski definition) is 3. The molecule has 214 valence electrons. The average molecular weight is 635 g/mol. The Labute approximate surface area is 248 Å². The van der Waals surface area contributed by atoms with Gasteiger partial charge in [-0.1, -0.05) is 64.5 Å². The van der Waals surface area contributed by atoms with Gasteiger partial charge in [0.1, 0.15) is 0 Å². The van der Waals surface area contributed by atoms with Gasteiger partial charge in [0.15, 0.2) is 0 Å². The normalized spacial score (nSPS) is 21.7. The number of carbonyl (C=O) groups is 2. The maximum atomic E-state index is 14.4. The Bertz CT molecular complexity index is 1780. The summed E-state index contributed by atoms with van der Waals surface area (Å²) in [6, 6.07) is 19.9. The number of aromatic nitrogens is 1. The van der Waals surface area contributed by atoms with Gasteiger partial charge >= 0.3 is 12.1 Å². The molecule has 0 atom stereocenters. The molecule has 0 unspecified atom stereocenters. The van der Waals surface area contributed by atoms with Gasteiger partial charge in [0.05, 0.1) is 33.3 Å². The molecule has 3 aromatic carbocycles. The van der Waals surface area contributed by atoms with Crippen molar-refractivity contribution in [3.05, 3.63) is 106 Å². The molecule has 1 saturated carbocycles. The van der Waals surface area contributed by atoms with Crippen LogP contribution in [0.2, 0.25) is 0 Å². The largest absolute Gasteiger partial charge is 0.481 e. The van der Waals surface area contributed by atoms with Gasteiger partial charge in [0.25, 0.3) is 5.91 Å². The zero-order chi connectivity index (χ0) is 29.9. The highest BCUT2D eigenvalue weighted by Crippen LogP contribution is 2.55. The van der Waals surface area contributed by atoms with E-state index >= 15 is 0 Å². The van der Waals surface area contributed by atoms with E-state index in [1.807, 2.05) is 55.5 Å². The van der Waals surface area contributed by atoms with E-state index in [0.717, 1.165) is 22.2 Å². The second-order valence-electron chi connectivity index (χ2n) is 11.1. The van der Waals surface area contributed by atoms with Crippen LogP contribution in [0.15, 0.2) is 83.3 Å². The molecule has 0 radical (unpaired) electrons. The molecule has 2 bridgehead atoms. The van der Waals surface area contributed by atoms with Gasteiger partial charge in [-0.2, -0.15) is 13.2 Å². The third kappa shape index (κ3) is 4.69. The minimum atomic E-state index is -4.57. The summed E-state index contributed by atoms with van der Waals surface area (Å²) in [7, 11) is 0. The lowest BCUT2D eigenvalue weighted by atomic mass is 9.57. The molecule has 1 amide bonds. The van der Waals surface area contributed by atoms with Crippen LogP contribution < -0.4 is 5.32 Å². The van der Waals surface area contributed by atoms with Gasteiger partial charge < -0.3 is 10.4 Å². The van der Waals surface area contributed by atoms with Crippen LogP contribution in [0.1, 0.15) is 52.7 Å². The average Bonchev–Trinajstić information content (AvgIpc) is 2.97. The van der Waals surface area contributed by atoms with Crippen LogP contribution >= 0.6 is 15.9 Å². The van der Waals surface area contributed by atoms with Crippen LogP contribution in [0.25, 0.3) is 27.7 Å². The first-order valence-electron chi connectivity index (χ1n) is 13.5. The zero-order valence-electron chi connectivity index (χ0n) is 22.6. The molecule has 1 heterocycles. The molecule has 2 N–H and O–H groups in total. The number of carboxylic acid groups (broad SMARTS) is 1. The lowest BCUT2D eigenvalue weighted by Crippen LogP contribution is -2.57. The van der Waals surface area contributed by atoms with E-state index in [1.54, 1.807) is 12.1 Å². The highest BCUT2D eigenvalue weighted by atomic mass is 79.9. The van der Waals surface area contributed by atoms with Gasteiger partial charge in [-0.05, 0) is 79.6 Å². The molecule has 1 fully saturated rings. The number of carbonyl (C=O) groups excluding carboxylic acids is 1. The second-order valence-corrected chi connectivity index (χ2v) is 12.0. The summed E-state index contributed by atoms with van der Waals surface area (Å²) >= 11 is 3.50. The molecule has 0 spiro atoms. The minimum Gasteiger partial charge on any atom is -0.481 e. The van der Waals surface area contributed by atoms with Crippen LogP contribution in [-0.4, -0.2) is 27.5 Å². The van der Waals surface area contributed by atoms with Crippen LogP contribution in [-0.2, 0) is 11.0 Å². The smallest absolute Gasteiger partial charge is 0.416 e. The van der Waals surface area contributed by atoms with Gasteiger partial charge in [0.2, 0.25) is 0 Å². The Kier molecular flexibility index (Phi) is 6.76. The number of amides is 1. The predicted octanol–water partition coefficient (Wildman–Crippen LogP) is 8.20. The van der Waals surface area contributed by atoms with Crippen LogP contribution in [0.5, 0.6) is 0 Å². The fourth-order valence-electron chi connectivity index (χ4n) is 6.42. The molecule has 1 aromatic heterocycles. The number of carboxylic acids is 1. The fourth-order valence-corrected chi connectivity index (χ4v) is 6.78. The molecule has 0 aliphatic heterocycles. The van der Waals surface area contributed by atoms with Crippen LogP contribution in [0, 0.1) is 12.3 Å². The van der Waals surface area contributed by atoms with E-state index in [2.05, 4.69) is 21.2 Å². The van der Waals surface area contributed by atoms with Crippen molar-refractivity contribution in [3.63, 3.8) is 0 Å². The first kappa shape index (κ1) is 28.2. The number of alkyl halides is 3. The molecule has 42 heavy (non-hydrogen) atoms. The second kappa shape index (κ2) is 10.1. The predicted molar refractivity (Wildman–Crippen MR) is 158 cm³/mol. The number of fused-ring (bicyclic) bond motifs is 3. The number of benzene rings is 3. The quantitative estimate of drug-likeness (QED) is 0.232. The first-order chi connectivity index (χ1) is 19.9. The number of nitrogens with zero attached hydrogens (tertiary/aromatic N) is 1. The van der Waals surface area contributed by atoms with Crippen molar-refractivity contribution in [2.45, 2.75) is 44.3 Å². The van der Waals surface area contributed by atoms with E-state index in [1.165, 1.54) is 6.07 Å². The number of hydrogen-bond donors (Lipinski definition) is 2. The molecule has 5 nitrogen and oxygen atoms in total. The number of rotatable bonds is 5. The number of nitrogens with one attached hydrogen (secondary N) is 1. The Hall–Kier alpha value is -3.98. The maximum absolute atomic E-state index is 14.4. The van der Waals surface area contributed by atoms with Gasteiger partial charge in [-0.3, -0.25) is 9.59 Å². The number of pyridine rings is 1. The Balaban J connectivity index is 1.50. The summed E-state index contributed by atoms with van der Waals surface area (Å²) in [6.07, 6.45) is -1.90. The van der Waals surface area contributed by atoms with Gasteiger partial charge in [-0.15, -0.1) is 0 Å². The third-order valence-electron chi connectivity index (χ3n) is 8.68. The molecular formula is C33H26BrF3N2O3. The Morgan fingerprint density at radius 1 is 0.929 bits per heavy atom. The van der Waals surface area contributed by atoms with Crippen molar-refractivity contribution in [2.75, 3.05) is 0 Å². The lowest BCUT2D eigenvalue weighted by Gasteiger charge is -2.51. The summed E-state index contributed by atoms with van der Waals surface area (Å²) in [4.78, 5) is 31.6. The van der Waals surface area contributed by atoms with Crippen molar-refractivity contribution >= 4 is 44.3 Å². The SMILES string of the molecule is Cc1c(-c2ccccc2)nc2ccc(Br)cc2c1C(=O)NC12CCC(C(=O)O)(C=C1c1cccc(C(F)(F)F)c1)CC2. The molecule has 4 aromatic rings. The van der Waals surface area contributed by atoms with Crippen molar-refractivity contribution in [1.82, 2.24) is 10.3 Å². The van der Waals surface area contributed by atoms with E-state index in [4.69, 9.17) is 4.98 Å². The monoisotopic (exact) mass is 634 g/mol. The molecule has 0 saturated heterocycles. The third-order valence-corrected chi connectivity index (χ3v) is 9.17. The minimum absolute atomic E-state index is 0.249. The van der Waals surface area contributed by atoms with Crippen LogP contribution in [0.4, 0.5) is 13.2 Å². The molecule has 3 aliphatic rings. The van der Waals surface area contributed by atoms with Gasteiger partial charge in [0, 0.05) is 15.4 Å². The van der Waals surface area contributed by atoms with Gasteiger partial charge in [-0.25, -0.2) is 4.98 Å². The van der Waals surface area contributed by atoms with E-state index in [9.17, 15) is 27.9 Å². The summed E-state index contributed by atoms with van der Waals surface area (Å²) in [5.41, 5.74) is 0.784. The summed E-state index contributed by atoms with van der Waals surface area (Å²) in [5.74, 6) is -1.40. The molecule has 7 rings (SSSR count). The summed E-state index contributed by atoms with van der Waals surface area (Å²) in [5, 5.41) is 13.9. The standard InChI is InChI=1S/C33H26BrF3N2O3/c1-19-27(24-17-23(34)10-11-26(24)38-28(19)20-6-3-2-4-7-20)29(40)39-32-14-12-31(13-15-32,30(41)42)18-25(32)21-8-5-9-22(16-21)33(35,36)37/h2-11,16-18H,12-15H2,1H3,(H,39,40)(H,41,42).